The number of aromatic amines is 1. The molecule has 8 nitrogen and oxygen atoms in total. The quantitative estimate of drug-likeness (QED) is 0.829. The molecule has 2 aromatic rings. The number of likely N-dealkylation sites (N-methyl/N-ethyl adjacent to an activating group) is 1. The van der Waals surface area contributed by atoms with Crippen LogP contribution in [0.3, 0.4) is 0 Å². The van der Waals surface area contributed by atoms with Gasteiger partial charge in [0.2, 0.25) is 11.9 Å². The van der Waals surface area contributed by atoms with E-state index in [1.165, 1.54) is 0 Å². The van der Waals surface area contributed by atoms with Crippen LogP contribution >= 0.6 is 0 Å². The highest BCUT2D eigenvalue weighted by Crippen LogP contribution is 2.35. The number of rotatable bonds is 4. The van der Waals surface area contributed by atoms with Gasteiger partial charge >= 0.3 is 0 Å². The Kier molecular flexibility index (Phi) is 5.04. The first kappa shape index (κ1) is 18.5. The van der Waals surface area contributed by atoms with Crippen LogP contribution in [0.15, 0.2) is 29.1 Å². The molecule has 148 valence electrons. The Morgan fingerprint density at radius 2 is 2.00 bits per heavy atom. The molecule has 1 saturated heterocycles. The average molecular weight is 383 g/mol. The van der Waals surface area contributed by atoms with Crippen molar-refractivity contribution in [3.05, 3.63) is 45.7 Å². The number of hydrogen-bond donors (Lipinski definition) is 2. The molecule has 8 heteroatoms. The SMILES string of the molecule is CCN1CCN(c2nc3c(c(=O)[nH]2)[C@@H](c2cccc(OC)c2)CC(=O)N3)CC1. The minimum atomic E-state index is -0.346. The van der Waals surface area contributed by atoms with Gasteiger partial charge in [-0.15, -0.1) is 0 Å². The summed E-state index contributed by atoms with van der Waals surface area (Å²) in [5, 5.41) is 2.79. The van der Waals surface area contributed by atoms with Crippen molar-refractivity contribution in [1.29, 1.82) is 0 Å². The monoisotopic (exact) mass is 383 g/mol. The number of methoxy groups -OCH3 is 1. The third-order valence-corrected chi connectivity index (χ3v) is 5.55. The maximum absolute atomic E-state index is 13.0. The normalized spacial score (nSPS) is 19.9. The lowest BCUT2D eigenvalue weighted by atomic mass is 9.87. The first-order valence-corrected chi connectivity index (χ1v) is 9.64. The van der Waals surface area contributed by atoms with Crippen molar-refractivity contribution in [1.82, 2.24) is 14.9 Å². The molecular weight excluding hydrogens is 358 g/mol. The Balaban J connectivity index is 1.69. The van der Waals surface area contributed by atoms with Gasteiger partial charge in [0, 0.05) is 38.5 Å². The van der Waals surface area contributed by atoms with Crippen molar-refractivity contribution in [2.45, 2.75) is 19.3 Å². The zero-order chi connectivity index (χ0) is 19.7. The molecule has 1 aromatic heterocycles. The number of nitrogens with one attached hydrogen (secondary N) is 2. The van der Waals surface area contributed by atoms with E-state index in [2.05, 4.69) is 32.0 Å². The van der Waals surface area contributed by atoms with E-state index in [9.17, 15) is 9.59 Å². The van der Waals surface area contributed by atoms with Crippen LogP contribution in [0.5, 0.6) is 5.75 Å². The molecule has 0 aliphatic carbocycles. The van der Waals surface area contributed by atoms with E-state index < -0.39 is 0 Å². The Labute approximate surface area is 163 Å². The molecule has 0 radical (unpaired) electrons. The lowest BCUT2D eigenvalue weighted by Gasteiger charge is -2.35. The highest BCUT2D eigenvalue weighted by Gasteiger charge is 2.32. The van der Waals surface area contributed by atoms with Crippen molar-refractivity contribution in [3.63, 3.8) is 0 Å². The number of fused-ring (bicyclic) bond motifs is 1. The van der Waals surface area contributed by atoms with Gasteiger partial charge in [-0.1, -0.05) is 19.1 Å². The zero-order valence-electron chi connectivity index (χ0n) is 16.2. The molecule has 0 saturated carbocycles. The number of ether oxygens (including phenoxy) is 1. The highest BCUT2D eigenvalue weighted by molar-refractivity contribution is 5.94. The van der Waals surface area contributed by atoms with Crippen LogP contribution in [0.25, 0.3) is 0 Å². The molecule has 0 spiro atoms. The minimum Gasteiger partial charge on any atom is -0.497 e. The number of carbonyl (C=O) groups excluding carboxylic acids is 1. The summed E-state index contributed by atoms with van der Waals surface area (Å²) in [7, 11) is 1.60. The van der Waals surface area contributed by atoms with Gasteiger partial charge in [-0.05, 0) is 24.2 Å². The van der Waals surface area contributed by atoms with E-state index in [0.29, 0.717) is 23.1 Å². The summed E-state index contributed by atoms with van der Waals surface area (Å²) >= 11 is 0. The van der Waals surface area contributed by atoms with Crippen molar-refractivity contribution in [3.8, 4) is 5.75 Å². The van der Waals surface area contributed by atoms with Crippen LogP contribution in [0, 0.1) is 0 Å². The summed E-state index contributed by atoms with van der Waals surface area (Å²) in [6.07, 6.45) is 0.208. The standard InChI is InChI=1S/C20H25N5O3/c1-3-24-7-9-25(10-8-24)20-22-18-17(19(27)23-20)15(12-16(26)21-18)13-5-4-6-14(11-13)28-2/h4-6,11,15H,3,7-10,12H2,1-2H3,(H2,21,22,23,26,27)/t15-/m1/s1. The lowest BCUT2D eigenvalue weighted by Crippen LogP contribution is -2.47. The van der Waals surface area contributed by atoms with Crippen LogP contribution in [0.4, 0.5) is 11.8 Å². The molecule has 2 N–H and O–H groups in total. The number of anilines is 2. The molecule has 3 heterocycles. The van der Waals surface area contributed by atoms with Crippen LogP contribution in [0.1, 0.15) is 30.4 Å². The molecule has 2 aliphatic rings. The van der Waals surface area contributed by atoms with E-state index in [-0.39, 0.29) is 23.8 Å². The van der Waals surface area contributed by atoms with Crippen molar-refractivity contribution in [2.24, 2.45) is 0 Å². The van der Waals surface area contributed by atoms with Gasteiger partial charge in [-0.3, -0.25) is 14.6 Å². The van der Waals surface area contributed by atoms with Crippen molar-refractivity contribution in [2.75, 3.05) is 50.1 Å². The number of nitrogens with zero attached hydrogens (tertiary/aromatic N) is 3. The van der Waals surface area contributed by atoms with E-state index in [1.807, 2.05) is 24.3 Å². The van der Waals surface area contributed by atoms with E-state index >= 15 is 0 Å². The molecule has 4 rings (SSSR count). The van der Waals surface area contributed by atoms with E-state index in [4.69, 9.17) is 4.74 Å². The number of carbonyl (C=O) groups is 1. The average Bonchev–Trinajstić information content (AvgIpc) is 2.73. The van der Waals surface area contributed by atoms with Crippen molar-refractivity contribution >= 4 is 17.7 Å². The minimum absolute atomic E-state index is 0.139. The smallest absolute Gasteiger partial charge is 0.258 e. The van der Waals surface area contributed by atoms with Crippen molar-refractivity contribution < 1.29 is 9.53 Å². The molecule has 1 aromatic carbocycles. The Morgan fingerprint density at radius 3 is 2.71 bits per heavy atom. The fourth-order valence-corrected chi connectivity index (χ4v) is 3.93. The summed E-state index contributed by atoms with van der Waals surface area (Å²) in [4.78, 5) is 37.3. The summed E-state index contributed by atoms with van der Waals surface area (Å²) in [5.41, 5.74) is 1.17. The molecule has 1 atom stereocenters. The highest BCUT2D eigenvalue weighted by atomic mass is 16.5. The summed E-state index contributed by atoms with van der Waals surface area (Å²) in [6.45, 7) is 6.60. The third-order valence-electron chi connectivity index (χ3n) is 5.55. The molecule has 0 unspecified atom stereocenters. The largest absolute Gasteiger partial charge is 0.497 e. The summed E-state index contributed by atoms with van der Waals surface area (Å²) in [6, 6.07) is 7.48. The van der Waals surface area contributed by atoms with Crippen LogP contribution in [0.2, 0.25) is 0 Å². The fraction of sp³-hybridized carbons (Fsp3) is 0.450. The Bertz CT molecular complexity index is 934. The number of H-pyrrole nitrogens is 1. The van der Waals surface area contributed by atoms with E-state index in [0.717, 1.165) is 38.3 Å². The Morgan fingerprint density at radius 1 is 1.21 bits per heavy atom. The number of hydrogen-bond acceptors (Lipinski definition) is 6. The van der Waals surface area contributed by atoms with Gasteiger partial charge in [-0.25, -0.2) is 0 Å². The van der Waals surface area contributed by atoms with Gasteiger partial charge in [-0.2, -0.15) is 4.98 Å². The van der Waals surface area contributed by atoms with Gasteiger partial charge in [0.1, 0.15) is 11.6 Å². The fourth-order valence-electron chi connectivity index (χ4n) is 3.93. The van der Waals surface area contributed by atoms with Gasteiger partial charge in [0.25, 0.3) is 5.56 Å². The second kappa shape index (κ2) is 7.63. The van der Waals surface area contributed by atoms with Gasteiger partial charge in [0.05, 0.1) is 12.7 Å². The third kappa shape index (κ3) is 3.47. The molecule has 28 heavy (non-hydrogen) atoms. The maximum atomic E-state index is 13.0. The second-order valence-corrected chi connectivity index (χ2v) is 7.15. The van der Waals surface area contributed by atoms with Crippen LogP contribution in [-0.4, -0.2) is 60.6 Å². The Hall–Kier alpha value is -2.87. The first-order valence-electron chi connectivity index (χ1n) is 9.64. The molecule has 2 aliphatic heterocycles. The molecule has 1 amide bonds. The maximum Gasteiger partial charge on any atom is 0.258 e. The van der Waals surface area contributed by atoms with Crippen LogP contribution in [-0.2, 0) is 4.79 Å². The summed E-state index contributed by atoms with van der Waals surface area (Å²) in [5.74, 6) is 1.09. The predicted molar refractivity (Wildman–Crippen MR) is 107 cm³/mol. The summed E-state index contributed by atoms with van der Waals surface area (Å²) < 4.78 is 5.29. The first-order chi connectivity index (χ1) is 13.6. The lowest BCUT2D eigenvalue weighted by molar-refractivity contribution is -0.116. The predicted octanol–water partition coefficient (Wildman–Crippen LogP) is 1.39. The number of aromatic nitrogens is 2. The molecule has 1 fully saturated rings. The number of piperazine rings is 1. The number of benzene rings is 1. The number of amides is 1. The molecule has 0 bridgehead atoms. The van der Waals surface area contributed by atoms with Gasteiger partial charge < -0.3 is 19.9 Å². The van der Waals surface area contributed by atoms with Gasteiger partial charge in [0.15, 0.2) is 0 Å². The van der Waals surface area contributed by atoms with E-state index in [1.54, 1.807) is 7.11 Å². The second-order valence-electron chi connectivity index (χ2n) is 7.15. The van der Waals surface area contributed by atoms with Crippen LogP contribution < -0.4 is 20.5 Å². The topological polar surface area (TPSA) is 90.6 Å². The zero-order valence-corrected chi connectivity index (χ0v) is 16.2. The molecular formula is C20H25N5O3.